The Morgan fingerprint density at radius 1 is 0.587 bits per heavy atom. The van der Waals surface area contributed by atoms with E-state index in [1.165, 1.54) is 55.4 Å². The first-order chi connectivity index (χ1) is 22.1. The predicted molar refractivity (Wildman–Crippen MR) is 182 cm³/mol. The number of rotatable bonds is 9. The summed E-state index contributed by atoms with van der Waals surface area (Å²) in [5.74, 6) is 2.32. The van der Waals surface area contributed by atoms with Crippen LogP contribution in [0.5, 0.6) is 23.0 Å². The summed E-state index contributed by atoms with van der Waals surface area (Å²) in [6.07, 6.45) is 7.02. The molecule has 6 nitrogen and oxygen atoms in total. The molecule has 0 radical (unpaired) electrons. The highest BCUT2D eigenvalue weighted by Crippen LogP contribution is 2.45. The average Bonchev–Trinajstić information content (AvgIpc) is 3.08. The van der Waals surface area contributed by atoms with Gasteiger partial charge in [0.25, 0.3) is 0 Å². The summed E-state index contributed by atoms with van der Waals surface area (Å²) in [6, 6.07) is 32.3. The SMILES string of the molecule is CCC(C)(c1ccc(OC)cc1)c1ccc(OC(C)=O)cc1.COc1ccc(C2(c3ccc(OC(C)=O)cc3)CCCCC2)cc1. The van der Waals surface area contributed by atoms with Crippen molar-refractivity contribution >= 4 is 11.9 Å². The standard InChI is InChI=1S/C21H24O3.C19H22O3/c1-16(22)24-20-12-8-18(9-13-20)21(14-4-3-5-15-21)17-6-10-19(23-2)11-7-17;1-5-19(3,15-6-10-17(21-4)11-7-15)16-8-12-18(13-9-16)22-14(2)20/h6-13H,3-5,14-15H2,1-2H3;6-13H,5H2,1-4H3. The van der Waals surface area contributed by atoms with Crippen LogP contribution in [0.2, 0.25) is 0 Å². The number of carbonyl (C=O) groups excluding carboxylic acids is 2. The van der Waals surface area contributed by atoms with Crippen molar-refractivity contribution in [2.45, 2.75) is 77.0 Å². The summed E-state index contributed by atoms with van der Waals surface area (Å²) >= 11 is 0. The van der Waals surface area contributed by atoms with E-state index in [1.54, 1.807) is 14.2 Å². The van der Waals surface area contributed by atoms with Gasteiger partial charge >= 0.3 is 11.9 Å². The fourth-order valence-electron chi connectivity index (χ4n) is 6.41. The van der Waals surface area contributed by atoms with Gasteiger partial charge in [-0.25, -0.2) is 0 Å². The quantitative estimate of drug-likeness (QED) is 0.137. The lowest BCUT2D eigenvalue weighted by Gasteiger charge is -2.38. The first-order valence-corrected chi connectivity index (χ1v) is 16.0. The Kier molecular flexibility index (Phi) is 11.6. The van der Waals surface area contributed by atoms with Crippen LogP contribution in [-0.4, -0.2) is 26.2 Å². The molecule has 4 aromatic carbocycles. The second kappa shape index (κ2) is 15.6. The van der Waals surface area contributed by atoms with Gasteiger partial charge in [-0.15, -0.1) is 0 Å². The van der Waals surface area contributed by atoms with Crippen LogP contribution in [0, 0.1) is 0 Å². The zero-order chi connectivity index (χ0) is 33.2. The molecule has 1 aliphatic carbocycles. The molecule has 1 saturated carbocycles. The normalized spacial score (nSPS) is 14.9. The minimum atomic E-state index is -0.304. The number of methoxy groups -OCH3 is 2. The Labute approximate surface area is 273 Å². The highest BCUT2D eigenvalue weighted by molar-refractivity contribution is 5.69. The van der Waals surface area contributed by atoms with Crippen LogP contribution in [0.15, 0.2) is 97.1 Å². The molecular weight excluding hydrogens is 576 g/mol. The lowest BCUT2D eigenvalue weighted by atomic mass is 9.65. The highest BCUT2D eigenvalue weighted by Gasteiger charge is 2.35. The van der Waals surface area contributed by atoms with E-state index in [1.807, 2.05) is 60.7 Å². The highest BCUT2D eigenvalue weighted by atomic mass is 16.5. The first-order valence-electron chi connectivity index (χ1n) is 16.0. The molecule has 0 N–H and O–H groups in total. The second-order valence-electron chi connectivity index (χ2n) is 12.0. The molecule has 1 aliphatic rings. The number of carbonyl (C=O) groups is 2. The smallest absolute Gasteiger partial charge is 0.308 e. The van der Waals surface area contributed by atoms with E-state index >= 15 is 0 Å². The van der Waals surface area contributed by atoms with Crippen LogP contribution in [-0.2, 0) is 20.4 Å². The van der Waals surface area contributed by atoms with Crippen molar-refractivity contribution in [1.29, 1.82) is 0 Å². The number of hydrogen-bond donors (Lipinski definition) is 0. The molecule has 0 saturated heterocycles. The van der Waals surface area contributed by atoms with E-state index < -0.39 is 0 Å². The number of ether oxygens (including phenoxy) is 4. The molecule has 0 aromatic heterocycles. The van der Waals surface area contributed by atoms with Gasteiger partial charge < -0.3 is 18.9 Å². The molecule has 46 heavy (non-hydrogen) atoms. The maximum absolute atomic E-state index is 11.1. The Morgan fingerprint density at radius 3 is 1.28 bits per heavy atom. The minimum Gasteiger partial charge on any atom is -0.497 e. The van der Waals surface area contributed by atoms with Gasteiger partial charge in [-0.05, 0) is 90.0 Å². The average molecular weight is 623 g/mol. The van der Waals surface area contributed by atoms with Crippen molar-refractivity contribution in [2.24, 2.45) is 0 Å². The fraction of sp³-hybridized carbons (Fsp3) is 0.350. The molecule has 0 heterocycles. The van der Waals surface area contributed by atoms with Crippen molar-refractivity contribution in [3.8, 4) is 23.0 Å². The summed E-state index contributed by atoms with van der Waals surface area (Å²) in [6.45, 7) is 7.22. The van der Waals surface area contributed by atoms with E-state index in [-0.39, 0.29) is 22.8 Å². The summed E-state index contributed by atoms with van der Waals surface area (Å²) in [4.78, 5) is 22.1. The van der Waals surface area contributed by atoms with Gasteiger partial charge in [0.1, 0.15) is 23.0 Å². The van der Waals surface area contributed by atoms with Gasteiger partial charge in [-0.3, -0.25) is 9.59 Å². The van der Waals surface area contributed by atoms with Crippen LogP contribution in [0.4, 0.5) is 0 Å². The molecule has 1 unspecified atom stereocenters. The van der Waals surface area contributed by atoms with E-state index in [2.05, 4.69) is 50.2 Å². The van der Waals surface area contributed by atoms with Crippen molar-refractivity contribution in [3.05, 3.63) is 119 Å². The van der Waals surface area contributed by atoms with Crippen LogP contribution >= 0.6 is 0 Å². The van der Waals surface area contributed by atoms with Gasteiger partial charge in [0.15, 0.2) is 0 Å². The van der Waals surface area contributed by atoms with Crippen molar-refractivity contribution in [1.82, 2.24) is 0 Å². The lowest BCUT2D eigenvalue weighted by molar-refractivity contribution is -0.132. The van der Waals surface area contributed by atoms with Crippen molar-refractivity contribution in [3.63, 3.8) is 0 Å². The van der Waals surface area contributed by atoms with Gasteiger partial charge in [0.2, 0.25) is 0 Å². The molecule has 242 valence electrons. The summed E-state index contributed by atoms with van der Waals surface area (Å²) in [5, 5.41) is 0. The third kappa shape index (κ3) is 8.16. The molecule has 0 amide bonds. The summed E-state index contributed by atoms with van der Waals surface area (Å²) in [5.41, 5.74) is 5.00. The van der Waals surface area contributed by atoms with E-state index in [0.717, 1.165) is 30.8 Å². The third-order valence-electron chi connectivity index (χ3n) is 9.21. The number of esters is 2. The van der Waals surface area contributed by atoms with Crippen LogP contribution < -0.4 is 18.9 Å². The van der Waals surface area contributed by atoms with Gasteiger partial charge in [-0.1, -0.05) is 81.6 Å². The summed E-state index contributed by atoms with van der Waals surface area (Å²) in [7, 11) is 3.36. The second-order valence-corrected chi connectivity index (χ2v) is 12.0. The molecule has 0 bridgehead atoms. The molecule has 0 spiro atoms. The maximum atomic E-state index is 11.1. The maximum Gasteiger partial charge on any atom is 0.308 e. The predicted octanol–water partition coefficient (Wildman–Crippen LogP) is 9.21. The van der Waals surface area contributed by atoms with Crippen LogP contribution in [0.25, 0.3) is 0 Å². The monoisotopic (exact) mass is 622 g/mol. The Balaban J connectivity index is 0.000000210. The zero-order valence-corrected chi connectivity index (χ0v) is 27.9. The molecule has 1 fully saturated rings. The largest absolute Gasteiger partial charge is 0.497 e. The number of benzene rings is 4. The third-order valence-corrected chi connectivity index (χ3v) is 9.21. The van der Waals surface area contributed by atoms with Gasteiger partial charge in [0, 0.05) is 24.7 Å². The molecule has 1 atom stereocenters. The molecule has 5 rings (SSSR count). The van der Waals surface area contributed by atoms with Crippen LogP contribution in [0.3, 0.4) is 0 Å². The Morgan fingerprint density at radius 2 is 0.935 bits per heavy atom. The van der Waals surface area contributed by atoms with E-state index in [4.69, 9.17) is 18.9 Å². The topological polar surface area (TPSA) is 71.1 Å². The molecule has 0 aliphatic heterocycles. The van der Waals surface area contributed by atoms with Crippen LogP contribution in [0.1, 0.15) is 88.5 Å². The van der Waals surface area contributed by atoms with Crippen molar-refractivity contribution < 1.29 is 28.5 Å². The van der Waals surface area contributed by atoms with Crippen molar-refractivity contribution in [2.75, 3.05) is 14.2 Å². The Bertz CT molecular complexity index is 1550. The first kappa shape index (κ1) is 34.3. The van der Waals surface area contributed by atoms with Gasteiger partial charge in [-0.2, -0.15) is 0 Å². The number of hydrogen-bond acceptors (Lipinski definition) is 6. The van der Waals surface area contributed by atoms with E-state index in [9.17, 15) is 9.59 Å². The van der Waals surface area contributed by atoms with Gasteiger partial charge in [0.05, 0.1) is 14.2 Å². The summed E-state index contributed by atoms with van der Waals surface area (Å²) < 4.78 is 20.8. The fourth-order valence-corrected chi connectivity index (χ4v) is 6.41. The van der Waals surface area contributed by atoms with E-state index in [0.29, 0.717) is 11.5 Å². The molecule has 6 heteroatoms. The minimum absolute atomic E-state index is 0.0409. The molecule has 4 aromatic rings. The lowest BCUT2D eigenvalue weighted by Crippen LogP contribution is -2.30. The Hall–Kier alpha value is -4.58. The zero-order valence-electron chi connectivity index (χ0n) is 27.9. The molecular formula is C40H46O6.